The highest BCUT2D eigenvalue weighted by Crippen LogP contribution is 2.45. The van der Waals surface area contributed by atoms with Crippen molar-refractivity contribution in [2.24, 2.45) is 0 Å². The number of esters is 2. The molecule has 0 saturated heterocycles. The maximum atomic E-state index is 12.8. The summed E-state index contributed by atoms with van der Waals surface area (Å²) in [5.41, 5.74) is -0.397. The zero-order chi connectivity index (χ0) is 19.5. The van der Waals surface area contributed by atoms with Gasteiger partial charge in [-0.2, -0.15) is 0 Å². The zero-order valence-electron chi connectivity index (χ0n) is 14.8. The molecule has 1 amide bonds. The molecule has 1 N–H and O–H groups in total. The van der Waals surface area contributed by atoms with Crippen LogP contribution in [0, 0.1) is 0 Å². The Hall–Kier alpha value is -2.41. The lowest BCUT2D eigenvalue weighted by Crippen LogP contribution is -2.52. The van der Waals surface area contributed by atoms with Crippen molar-refractivity contribution in [3.8, 4) is 0 Å². The predicted molar refractivity (Wildman–Crippen MR) is 92.9 cm³/mol. The average molecular weight is 382 g/mol. The van der Waals surface area contributed by atoms with E-state index in [0.29, 0.717) is 16.1 Å². The fourth-order valence-corrected chi connectivity index (χ4v) is 3.60. The van der Waals surface area contributed by atoms with Crippen LogP contribution >= 0.6 is 11.6 Å². The lowest BCUT2D eigenvalue weighted by molar-refractivity contribution is -0.155. The normalized spacial score (nSPS) is 21.1. The van der Waals surface area contributed by atoms with E-state index in [9.17, 15) is 19.2 Å². The quantitative estimate of drug-likeness (QED) is 0.616. The molecule has 0 saturated carbocycles. The third-order valence-corrected chi connectivity index (χ3v) is 4.62. The van der Waals surface area contributed by atoms with Gasteiger partial charge in [0, 0.05) is 16.0 Å². The van der Waals surface area contributed by atoms with Crippen LogP contribution < -0.4 is 5.32 Å². The number of hydrogen-bond acceptors (Lipinski definition) is 6. The fourth-order valence-electron chi connectivity index (χ4n) is 3.21. The van der Waals surface area contributed by atoms with Gasteiger partial charge in [-0.15, -0.1) is 0 Å². The number of hydrogen-bond donors (Lipinski definition) is 1. The van der Waals surface area contributed by atoms with Gasteiger partial charge in [0.05, 0.1) is 19.6 Å². The Kier molecular flexibility index (Phi) is 6.02. The van der Waals surface area contributed by atoms with Crippen LogP contribution in [0.15, 0.2) is 18.2 Å². The second-order valence-electron chi connectivity index (χ2n) is 6.05. The number of halogens is 1. The van der Waals surface area contributed by atoms with E-state index in [1.807, 2.05) is 0 Å². The highest BCUT2D eigenvalue weighted by atomic mass is 35.5. The van der Waals surface area contributed by atoms with Crippen LogP contribution in [-0.4, -0.2) is 42.9 Å². The van der Waals surface area contributed by atoms with Crippen molar-refractivity contribution < 1.29 is 28.7 Å². The van der Waals surface area contributed by atoms with Gasteiger partial charge in [-0.25, -0.2) is 4.79 Å². The number of rotatable bonds is 5. The van der Waals surface area contributed by atoms with E-state index >= 15 is 0 Å². The molecule has 0 radical (unpaired) electrons. The molecule has 2 atom stereocenters. The third kappa shape index (κ3) is 3.58. The smallest absolute Gasteiger partial charge is 0.396 e. The first-order valence-corrected chi connectivity index (χ1v) is 8.60. The van der Waals surface area contributed by atoms with Crippen molar-refractivity contribution in [1.82, 2.24) is 5.32 Å². The molecule has 2 unspecified atom stereocenters. The zero-order valence-corrected chi connectivity index (χ0v) is 15.5. The van der Waals surface area contributed by atoms with E-state index in [1.165, 1.54) is 0 Å². The van der Waals surface area contributed by atoms with Gasteiger partial charge in [0.2, 0.25) is 0 Å². The van der Waals surface area contributed by atoms with Gasteiger partial charge in [0.1, 0.15) is 6.04 Å². The van der Waals surface area contributed by atoms with Crippen LogP contribution in [0.1, 0.15) is 43.1 Å². The number of ketones is 1. The summed E-state index contributed by atoms with van der Waals surface area (Å²) in [6.07, 6.45) is -0.183. The molecule has 0 bridgehead atoms. The van der Waals surface area contributed by atoms with E-state index in [2.05, 4.69) is 10.1 Å². The monoisotopic (exact) mass is 381 g/mol. The number of carbonyl (C=O) groups is 4. The molecule has 0 spiro atoms. The number of Topliss-reactive ketones (excluding diaryl/α,β-unsaturated/α-hetero) is 1. The Morgan fingerprint density at radius 1 is 1.19 bits per heavy atom. The molecule has 8 heteroatoms. The third-order valence-electron chi connectivity index (χ3n) is 4.30. The van der Waals surface area contributed by atoms with Crippen molar-refractivity contribution in [1.29, 1.82) is 0 Å². The minimum absolute atomic E-state index is 0.0248. The van der Waals surface area contributed by atoms with Gasteiger partial charge < -0.3 is 14.8 Å². The van der Waals surface area contributed by atoms with Crippen LogP contribution in [0.4, 0.5) is 0 Å². The molecule has 0 fully saturated rings. The van der Waals surface area contributed by atoms with Crippen LogP contribution in [0.25, 0.3) is 0 Å². The molecule has 1 aliphatic carbocycles. The molecular weight excluding hydrogens is 362 g/mol. The maximum absolute atomic E-state index is 12.8. The molecule has 0 aliphatic heterocycles. The summed E-state index contributed by atoms with van der Waals surface area (Å²) in [5.74, 6) is -3.11. The number of nitrogens with one attached hydrogen (secondary N) is 1. The molecule has 1 aromatic carbocycles. The Balaban J connectivity index is 2.44. The summed E-state index contributed by atoms with van der Waals surface area (Å²) in [5, 5.41) is 2.70. The van der Waals surface area contributed by atoms with E-state index in [1.54, 1.807) is 39.0 Å². The minimum Gasteiger partial charge on any atom is -0.466 e. The Morgan fingerprint density at radius 3 is 2.46 bits per heavy atom. The van der Waals surface area contributed by atoms with Crippen molar-refractivity contribution in [2.45, 2.75) is 38.6 Å². The molecule has 1 aromatic rings. The highest BCUT2D eigenvalue weighted by Gasteiger charge is 2.52. The fraction of sp³-hybridized carbons (Fsp3) is 0.444. The van der Waals surface area contributed by atoms with Crippen molar-refractivity contribution in [2.75, 3.05) is 13.2 Å². The Morgan fingerprint density at radius 2 is 1.85 bits per heavy atom. The van der Waals surface area contributed by atoms with Crippen molar-refractivity contribution in [3.63, 3.8) is 0 Å². The summed E-state index contributed by atoms with van der Waals surface area (Å²) >= 11 is 6.29. The first-order chi connectivity index (χ1) is 12.3. The predicted octanol–water partition coefficient (Wildman–Crippen LogP) is 1.80. The highest BCUT2D eigenvalue weighted by molar-refractivity contribution is 6.34. The van der Waals surface area contributed by atoms with E-state index < -0.39 is 35.1 Å². The number of fused-ring (bicyclic) bond motifs is 1. The first kappa shape index (κ1) is 19.9. The number of carbonyl (C=O) groups excluding carboxylic acids is 4. The molecule has 2 rings (SSSR count). The van der Waals surface area contributed by atoms with Crippen LogP contribution in [0.2, 0.25) is 5.02 Å². The molecule has 26 heavy (non-hydrogen) atoms. The topological polar surface area (TPSA) is 98.8 Å². The molecular formula is C18H20ClNO6. The number of benzene rings is 1. The number of amides is 1. The molecule has 140 valence electrons. The molecule has 0 heterocycles. The minimum atomic E-state index is -1.15. The molecule has 7 nitrogen and oxygen atoms in total. The summed E-state index contributed by atoms with van der Waals surface area (Å²) in [6, 6.07) is 3.65. The van der Waals surface area contributed by atoms with Gasteiger partial charge in [-0.1, -0.05) is 30.7 Å². The Bertz CT molecular complexity index is 762. The van der Waals surface area contributed by atoms with Crippen LogP contribution in [-0.2, 0) is 29.3 Å². The van der Waals surface area contributed by atoms with Gasteiger partial charge in [-0.3, -0.25) is 14.4 Å². The lowest BCUT2D eigenvalue weighted by Gasteiger charge is -2.31. The Labute approximate surface area is 156 Å². The average Bonchev–Trinajstić information content (AvgIpc) is 2.78. The second kappa shape index (κ2) is 7.86. The standard InChI is InChI=1S/C18H20ClNO6/c1-4-25-12(21)9-18(3)13-10(7-6-8-11(13)19)14(22)15(18)20-16(23)17(24)26-5-2/h6-8,15H,4-5,9H2,1-3H3,(H,20,23). The largest absolute Gasteiger partial charge is 0.466 e. The SMILES string of the molecule is CCOC(=O)CC1(C)c2c(Cl)cccc2C(=O)C1NC(=O)C(=O)OCC. The number of ether oxygens (including phenoxy) is 2. The molecule has 0 aromatic heterocycles. The first-order valence-electron chi connectivity index (χ1n) is 8.22. The van der Waals surface area contributed by atoms with E-state index in [-0.39, 0.29) is 19.6 Å². The molecule has 1 aliphatic rings. The van der Waals surface area contributed by atoms with Crippen molar-refractivity contribution >= 4 is 35.2 Å². The van der Waals surface area contributed by atoms with Crippen LogP contribution in [0.3, 0.4) is 0 Å². The van der Waals surface area contributed by atoms with Crippen molar-refractivity contribution in [3.05, 3.63) is 34.3 Å². The van der Waals surface area contributed by atoms with E-state index in [0.717, 1.165) is 0 Å². The summed E-state index contributed by atoms with van der Waals surface area (Å²) in [7, 11) is 0. The van der Waals surface area contributed by atoms with Crippen LogP contribution in [0.5, 0.6) is 0 Å². The lowest BCUT2D eigenvalue weighted by atomic mass is 9.77. The maximum Gasteiger partial charge on any atom is 0.396 e. The summed E-state index contributed by atoms with van der Waals surface area (Å²) < 4.78 is 9.66. The van der Waals surface area contributed by atoms with Gasteiger partial charge in [0.15, 0.2) is 5.78 Å². The summed E-state index contributed by atoms with van der Waals surface area (Å²) in [4.78, 5) is 48.7. The van der Waals surface area contributed by atoms with Gasteiger partial charge in [-0.05, 0) is 25.5 Å². The van der Waals surface area contributed by atoms with Gasteiger partial charge >= 0.3 is 17.8 Å². The van der Waals surface area contributed by atoms with Gasteiger partial charge in [0.25, 0.3) is 0 Å². The summed E-state index contributed by atoms with van der Waals surface area (Å²) in [6.45, 7) is 5.07. The van der Waals surface area contributed by atoms with E-state index in [4.69, 9.17) is 16.3 Å². The second-order valence-corrected chi connectivity index (χ2v) is 6.46.